The Balaban J connectivity index is 3.09. The summed E-state index contributed by atoms with van der Waals surface area (Å²) in [5.74, 6) is -0.0447. The lowest BCUT2D eigenvalue weighted by atomic mass is 10.2. The van der Waals surface area contributed by atoms with Crippen LogP contribution in [0.5, 0.6) is 5.75 Å². The van der Waals surface area contributed by atoms with Crippen molar-refractivity contribution in [1.29, 1.82) is 0 Å². The zero-order valence-electron chi connectivity index (χ0n) is 5.34. The molecule has 0 aromatic heterocycles. The largest absolute Gasteiger partial charge is 0.508 e. The molecule has 0 heterocycles. The quantitative estimate of drug-likeness (QED) is 0.459. The normalized spacial score (nSPS) is 9.70. The van der Waals surface area contributed by atoms with Gasteiger partial charge in [0.1, 0.15) is 12.4 Å². The van der Waals surface area contributed by atoms with E-state index in [-0.39, 0.29) is 11.3 Å². The fraction of sp³-hybridized carbons (Fsp3) is 0.143. The van der Waals surface area contributed by atoms with Crippen LogP contribution in [0.25, 0.3) is 0 Å². The summed E-state index contributed by atoms with van der Waals surface area (Å²) < 4.78 is 12.0. The van der Waals surface area contributed by atoms with Crippen molar-refractivity contribution in [2.45, 2.75) is 6.67 Å². The van der Waals surface area contributed by atoms with Crippen molar-refractivity contribution < 1.29 is 9.50 Å². The number of nitrogens with two attached hydrogens (primary N) is 1. The summed E-state index contributed by atoms with van der Waals surface area (Å²) in [6.45, 7) is -0.684. The van der Waals surface area contributed by atoms with Gasteiger partial charge in [0, 0.05) is 11.3 Å². The van der Waals surface area contributed by atoms with Gasteiger partial charge in [0.2, 0.25) is 0 Å². The van der Waals surface area contributed by atoms with Crippen LogP contribution in [0.2, 0.25) is 0 Å². The monoisotopic (exact) mass is 141 g/mol. The fourth-order valence-electron chi connectivity index (χ4n) is 0.712. The van der Waals surface area contributed by atoms with Crippen molar-refractivity contribution in [3.8, 4) is 5.75 Å². The number of phenolic OH excluding ortho intramolecular Hbond substituents is 1. The summed E-state index contributed by atoms with van der Waals surface area (Å²) in [6, 6.07) is 4.31. The number of aromatic hydroxyl groups is 1. The van der Waals surface area contributed by atoms with E-state index in [0.717, 1.165) is 0 Å². The molecule has 0 fully saturated rings. The van der Waals surface area contributed by atoms with Gasteiger partial charge in [-0.25, -0.2) is 4.39 Å². The van der Waals surface area contributed by atoms with E-state index in [1.165, 1.54) is 18.2 Å². The first-order valence-electron chi connectivity index (χ1n) is 2.87. The molecule has 0 amide bonds. The lowest BCUT2D eigenvalue weighted by molar-refractivity contribution is 0.433. The molecule has 0 saturated carbocycles. The fourth-order valence-corrected chi connectivity index (χ4v) is 0.712. The molecule has 0 spiro atoms. The van der Waals surface area contributed by atoms with Crippen LogP contribution >= 0.6 is 0 Å². The molecule has 3 heteroatoms. The second-order valence-electron chi connectivity index (χ2n) is 2.02. The van der Waals surface area contributed by atoms with E-state index in [2.05, 4.69) is 0 Å². The van der Waals surface area contributed by atoms with Crippen molar-refractivity contribution >= 4 is 5.69 Å². The van der Waals surface area contributed by atoms with E-state index in [0.29, 0.717) is 5.69 Å². The van der Waals surface area contributed by atoms with Crippen LogP contribution in [0.1, 0.15) is 5.56 Å². The predicted molar refractivity (Wildman–Crippen MR) is 37.3 cm³/mol. The molecule has 0 aliphatic heterocycles. The number of nitrogen functional groups attached to an aromatic ring is 1. The Morgan fingerprint density at radius 2 is 2.20 bits per heavy atom. The molecule has 0 aliphatic carbocycles. The minimum absolute atomic E-state index is 0.0447. The van der Waals surface area contributed by atoms with Crippen LogP contribution in [0.3, 0.4) is 0 Å². The molecule has 0 radical (unpaired) electrons. The Kier molecular flexibility index (Phi) is 1.76. The van der Waals surface area contributed by atoms with Crippen LogP contribution in [-0.2, 0) is 6.67 Å². The molecule has 0 saturated heterocycles. The van der Waals surface area contributed by atoms with Crippen molar-refractivity contribution in [1.82, 2.24) is 0 Å². The minimum Gasteiger partial charge on any atom is -0.508 e. The van der Waals surface area contributed by atoms with Crippen molar-refractivity contribution in [3.63, 3.8) is 0 Å². The van der Waals surface area contributed by atoms with Gasteiger partial charge in [0.05, 0.1) is 0 Å². The van der Waals surface area contributed by atoms with Crippen molar-refractivity contribution in [2.24, 2.45) is 0 Å². The number of alkyl halides is 1. The Bertz CT molecular complexity index is 237. The molecule has 1 aromatic carbocycles. The number of hydrogen-bond donors (Lipinski definition) is 2. The molecule has 1 aromatic rings. The van der Waals surface area contributed by atoms with Gasteiger partial charge in [-0.15, -0.1) is 0 Å². The lowest BCUT2D eigenvalue weighted by Crippen LogP contribution is -1.86. The highest BCUT2D eigenvalue weighted by molar-refractivity contribution is 5.46. The molecule has 2 nitrogen and oxygen atoms in total. The van der Waals surface area contributed by atoms with E-state index >= 15 is 0 Å². The van der Waals surface area contributed by atoms with Crippen LogP contribution in [0.15, 0.2) is 18.2 Å². The van der Waals surface area contributed by atoms with Crippen LogP contribution in [-0.4, -0.2) is 5.11 Å². The number of benzene rings is 1. The molecule has 1 rings (SSSR count). The zero-order chi connectivity index (χ0) is 7.56. The second-order valence-corrected chi connectivity index (χ2v) is 2.02. The smallest absolute Gasteiger partial charge is 0.121 e. The van der Waals surface area contributed by atoms with E-state index in [9.17, 15) is 4.39 Å². The van der Waals surface area contributed by atoms with E-state index in [1.807, 2.05) is 0 Å². The van der Waals surface area contributed by atoms with E-state index in [1.54, 1.807) is 0 Å². The molecule has 54 valence electrons. The van der Waals surface area contributed by atoms with Crippen LogP contribution < -0.4 is 5.73 Å². The third-order valence-corrected chi connectivity index (χ3v) is 1.25. The maximum atomic E-state index is 12.0. The summed E-state index contributed by atoms with van der Waals surface area (Å²) in [5, 5.41) is 8.94. The summed E-state index contributed by atoms with van der Waals surface area (Å²) in [4.78, 5) is 0. The van der Waals surface area contributed by atoms with E-state index in [4.69, 9.17) is 10.8 Å². The Labute approximate surface area is 58.1 Å². The molecule has 0 aliphatic rings. The first kappa shape index (κ1) is 6.86. The van der Waals surface area contributed by atoms with Gasteiger partial charge < -0.3 is 10.8 Å². The lowest BCUT2D eigenvalue weighted by Gasteiger charge is -1.99. The Morgan fingerprint density at radius 3 is 2.70 bits per heavy atom. The minimum atomic E-state index is -0.684. The Hall–Kier alpha value is -1.25. The van der Waals surface area contributed by atoms with Gasteiger partial charge in [-0.1, -0.05) is 0 Å². The average Bonchev–Trinajstić information content (AvgIpc) is 1.94. The second kappa shape index (κ2) is 2.56. The third kappa shape index (κ3) is 1.18. The number of hydrogen-bond acceptors (Lipinski definition) is 2. The topological polar surface area (TPSA) is 46.2 Å². The number of anilines is 1. The SMILES string of the molecule is Nc1ccc(O)c(CF)c1. The molecule has 10 heavy (non-hydrogen) atoms. The molecule has 3 N–H and O–H groups in total. The van der Waals surface area contributed by atoms with Crippen molar-refractivity contribution in [3.05, 3.63) is 23.8 Å². The maximum absolute atomic E-state index is 12.0. The maximum Gasteiger partial charge on any atom is 0.121 e. The highest BCUT2D eigenvalue weighted by Crippen LogP contribution is 2.19. The predicted octanol–water partition coefficient (Wildman–Crippen LogP) is 1.44. The van der Waals surface area contributed by atoms with Gasteiger partial charge in [0.25, 0.3) is 0 Å². The number of halogens is 1. The number of rotatable bonds is 1. The van der Waals surface area contributed by atoms with Gasteiger partial charge in [0.15, 0.2) is 0 Å². The Morgan fingerprint density at radius 1 is 1.50 bits per heavy atom. The van der Waals surface area contributed by atoms with Gasteiger partial charge in [-0.05, 0) is 18.2 Å². The molecular formula is C7H8FNO. The average molecular weight is 141 g/mol. The van der Waals surface area contributed by atoms with Crippen LogP contribution in [0.4, 0.5) is 10.1 Å². The van der Waals surface area contributed by atoms with Crippen molar-refractivity contribution in [2.75, 3.05) is 5.73 Å². The zero-order valence-corrected chi connectivity index (χ0v) is 5.34. The standard InChI is InChI=1S/C7H8FNO/c8-4-5-3-6(9)1-2-7(5)10/h1-3,10H,4,9H2. The summed E-state index contributed by atoms with van der Waals surface area (Å²) in [7, 11) is 0. The molecular weight excluding hydrogens is 133 g/mol. The summed E-state index contributed by atoms with van der Waals surface area (Å²) in [6.07, 6.45) is 0. The molecule has 0 bridgehead atoms. The number of phenols is 1. The summed E-state index contributed by atoms with van der Waals surface area (Å²) in [5.41, 5.74) is 6.02. The highest BCUT2D eigenvalue weighted by Gasteiger charge is 1.98. The first-order chi connectivity index (χ1) is 4.74. The van der Waals surface area contributed by atoms with Gasteiger partial charge in [-0.3, -0.25) is 0 Å². The highest BCUT2D eigenvalue weighted by atomic mass is 19.1. The van der Waals surface area contributed by atoms with Gasteiger partial charge >= 0.3 is 0 Å². The summed E-state index contributed by atoms with van der Waals surface area (Å²) >= 11 is 0. The first-order valence-corrected chi connectivity index (χ1v) is 2.87. The van der Waals surface area contributed by atoms with E-state index < -0.39 is 6.67 Å². The van der Waals surface area contributed by atoms with Gasteiger partial charge in [-0.2, -0.15) is 0 Å². The molecule has 0 unspecified atom stereocenters. The molecule has 0 atom stereocenters. The van der Waals surface area contributed by atoms with Crippen LogP contribution in [0, 0.1) is 0 Å². The third-order valence-electron chi connectivity index (χ3n) is 1.25.